The van der Waals surface area contributed by atoms with Crippen molar-refractivity contribution in [2.24, 2.45) is 5.92 Å². The van der Waals surface area contributed by atoms with Crippen LogP contribution in [0.2, 0.25) is 0 Å². The number of hydrogen-bond donors (Lipinski definition) is 1. The number of aryl methyl sites for hydroxylation is 1. The number of amides is 2. The summed E-state index contributed by atoms with van der Waals surface area (Å²) in [6.07, 6.45) is 0.193. The predicted molar refractivity (Wildman–Crippen MR) is 108 cm³/mol. The van der Waals surface area contributed by atoms with Crippen LogP contribution in [-0.2, 0) is 9.59 Å². The van der Waals surface area contributed by atoms with E-state index < -0.39 is 5.92 Å². The largest absolute Gasteiger partial charge is 0.497 e. The second kappa shape index (κ2) is 8.33. The molecule has 1 fully saturated rings. The fourth-order valence-electron chi connectivity index (χ4n) is 3.43. The summed E-state index contributed by atoms with van der Waals surface area (Å²) in [6.45, 7) is 4.24. The van der Waals surface area contributed by atoms with E-state index in [1.54, 1.807) is 19.1 Å². The minimum atomic E-state index is -0.390. The van der Waals surface area contributed by atoms with Gasteiger partial charge in [0.2, 0.25) is 11.8 Å². The zero-order chi connectivity index (χ0) is 20.3. The molecule has 6 nitrogen and oxygen atoms in total. The zero-order valence-electron chi connectivity index (χ0n) is 16.7. The van der Waals surface area contributed by atoms with E-state index in [-0.39, 0.29) is 24.3 Å². The molecule has 2 unspecified atom stereocenters. The Morgan fingerprint density at radius 3 is 2.50 bits per heavy atom. The normalized spacial score (nSPS) is 17.4. The number of anilines is 1. The number of carbonyl (C=O) groups excluding carboxylic acids is 2. The van der Waals surface area contributed by atoms with Crippen molar-refractivity contribution in [3.8, 4) is 11.5 Å². The fourth-order valence-corrected chi connectivity index (χ4v) is 3.43. The summed E-state index contributed by atoms with van der Waals surface area (Å²) < 4.78 is 10.6. The highest BCUT2D eigenvalue weighted by Gasteiger charge is 2.36. The summed E-state index contributed by atoms with van der Waals surface area (Å²) in [5.74, 6) is 0.823. The molecule has 0 radical (unpaired) electrons. The molecule has 0 bridgehead atoms. The highest BCUT2D eigenvalue weighted by Crippen LogP contribution is 2.34. The Bertz CT molecular complexity index is 863. The average molecular weight is 382 g/mol. The van der Waals surface area contributed by atoms with E-state index in [9.17, 15) is 9.59 Å². The van der Waals surface area contributed by atoms with E-state index in [0.717, 1.165) is 16.9 Å². The third kappa shape index (κ3) is 4.11. The van der Waals surface area contributed by atoms with Gasteiger partial charge in [0.15, 0.2) is 0 Å². The Morgan fingerprint density at radius 2 is 1.86 bits per heavy atom. The van der Waals surface area contributed by atoms with Crippen molar-refractivity contribution in [1.29, 1.82) is 0 Å². The van der Waals surface area contributed by atoms with E-state index in [2.05, 4.69) is 5.32 Å². The second-order valence-electron chi connectivity index (χ2n) is 7.08. The molecule has 0 aromatic heterocycles. The maximum atomic E-state index is 12.8. The molecule has 2 amide bonds. The highest BCUT2D eigenvalue weighted by molar-refractivity contribution is 6.01. The molecular weight excluding hydrogens is 356 g/mol. The van der Waals surface area contributed by atoms with Crippen LogP contribution in [-0.4, -0.2) is 32.6 Å². The lowest BCUT2D eigenvalue weighted by molar-refractivity contribution is -0.126. The number of carbonyl (C=O) groups is 2. The quantitative estimate of drug-likeness (QED) is 0.833. The van der Waals surface area contributed by atoms with Crippen LogP contribution < -0.4 is 19.7 Å². The van der Waals surface area contributed by atoms with Gasteiger partial charge in [-0.3, -0.25) is 9.59 Å². The summed E-state index contributed by atoms with van der Waals surface area (Å²) >= 11 is 0. The monoisotopic (exact) mass is 382 g/mol. The Labute approximate surface area is 165 Å². The highest BCUT2D eigenvalue weighted by atomic mass is 16.5. The van der Waals surface area contributed by atoms with Crippen LogP contribution in [0, 0.1) is 12.8 Å². The van der Waals surface area contributed by atoms with Crippen molar-refractivity contribution in [1.82, 2.24) is 5.32 Å². The van der Waals surface area contributed by atoms with E-state index in [1.807, 2.05) is 56.3 Å². The van der Waals surface area contributed by atoms with E-state index >= 15 is 0 Å². The standard InChI is InChI=1S/C22H26N2O4/c1-14-5-10-20(28-4)19(11-14)24-13-17(12-21(24)25)22(26)23-15(2)16-6-8-18(27-3)9-7-16/h5-11,15,17H,12-13H2,1-4H3,(H,23,26). The molecule has 0 spiro atoms. The zero-order valence-corrected chi connectivity index (χ0v) is 16.7. The molecule has 1 aliphatic rings. The van der Waals surface area contributed by atoms with Gasteiger partial charge in [-0.15, -0.1) is 0 Å². The summed E-state index contributed by atoms with van der Waals surface area (Å²) in [7, 11) is 3.20. The maximum Gasteiger partial charge on any atom is 0.227 e. The lowest BCUT2D eigenvalue weighted by Crippen LogP contribution is -2.34. The molecule has 1 aliphatic heterocycles. The number of nitrogens with zero attached hydrogens (tertiary/aromatic N) is 1. The SMILES string of the molecule is COc1ccc(C(C)NC(=O)C2CC(=O)N(c3cc(C)ccc3OC)C2)cc1. The first kappa shape index (κ1) is 19.7. The van der Waals surface area contributed by atoms with Gasteiger partial charge in [0.1, 0.15) is 11.5 Å². The Hall–Kier alpha value is -3.02. The van der Waals surface area contributed by atoms with Crippen LogP contribution in [0.25, 0.3) is 0 Å². The van der Waals surface area contributed by atoms with Crippen LogP contribution in [0.5, 0.6) is 11.5 Å². The third-order valence-corrected chi connectivity index (χ3v) is 5.10. The van der Waals surface area contributed by atoms with Crippen LogP contribution >= 0.6 is 0 Å². The number of hydrogen-bond acceptors (Lipinski definition) is 4. The third-order valence-electron chi connectivity index (χ3n) is 5.10. The van der Waals surface area contributed by atoms with Crippen LogP contribution in [0.15, 0.2) is 42.5 Å². The van der Waals surface area contributed by atoms with Gasteiger partial charge >= 0.3 is 0 Å². The lowest BCUT2D eigenvalue weighted by atomic mass is 10.0. The molecule has 2 aromatic carbocycles. The van der Waals surface area contributed by atoms with Crippen molar-refractivity contribution >= 4 is 17.5 Å². The maximum absolute atomic E-state index is 12.8. The molecule has 1 N–H and O–H groups in total. The molecule has 6 heteroatoms. The lowest BCUT2D eigenvalue weighted by Gasteiger charge is -2.21. The first-order valence-electron chi connectivity index (χ1n) is 9.32. The minimum Gasteiger partial charge on any atom is -0.497 e. The smallest absolute Gasteiger partial charge is 0.227 e. The topological polar surface area (TPSA) is 67.9 Å². The van der Waals surface area contributed by atoms with Crippen molar-refractivity contribution in [2.75, 3.05) is 25.7 Å². The van der Waals surface area contributed by atoms with E-state index in [0.29, 0.717) is 18.0 Å². The van der Waals surface area contributed by atoms with Crippen LogP contribution in [0.1, 0.15) is 30.5 Å². The number of benzene rings is 2. The van der Waals surface area contributed by atoms with Gasteiger partial charge in [0, 0.05) is 13.0 Å². The fraction of sp³-hybridized carbons (Fsp3) is 0.364. The number of rotatable bonds is 6. The summed E-state index contributed by atoms with van der Waals surface area (Å²) in [5.41, 5.74) is 2.73. The minimum absolute atomic E-state index is 0.0684. The Morgan fingerprint density at radius 1 is 1.14 bits per heavy atom. The van der Waals surface area contributed by atoms with Gasteiger partial charge in [0.05, 0.1) is 31.9 Å². The molecular formula is C22H26N2O4. The van der Waals surface area contributed by atoms with Gasteiger partial charge in [-0.1, -0.05) is 18.2 Å². The number of ether oxygens (including phenoxy) is 2. The summed E-state index contributed by atoms with van der Waals surface area (Å²) in [6, 6.07) is 13.1. The van der Waals surface area contributed by atoms with Crippen LogP contribution in [0.4, 0.5) is 5.69 Å². The molecule has 3 rings (SSSR count). The molecule has 0 saturated carbocycles. The van der Waals surface area contributed by atoms with Gasteiger partial charge in [0.25, 0.3) is 0 Å². The number of methoxy groups -OCH3 is 2. The van der Waals surface area contributed by atoms with Gasteiger partial charge in [-0.2, -0.15) is 0 Å². The molecule has 148 valence electrons. The Kier molecular flexibility index (Phi) is 5.87. The van der Waals surface area contributed by atoms with Gasteiger partial charge in [-0.25, -0.2) is 0 Å². The molecule has 0 aliphatic carbocycles. The van der Waals surface area contributed by atoms with E-state index in [1.165, 1.54) is 0 Å². The molecule has 1 saturated heterocycles. The van der Waals surface area contributed by atoms with Crippen molar-refractivity contribution < 1.29 is 19.1 Å². The summed E-state index contributed by atoms with van der Waals surface area (Å²) in [4.78, 5) is 27.0. The van der Waals surface area contributed by atoms with Gasteiger partial charge < -0.3 is 19.7 Å². The van der Waals surface area contributed by atoms with Gasteiger partial charge in [-0.05, 0) is 49.2 Å². The van der Waals surface area contributed by atoms with Crippen molar-refractivity contribution in [3.63, 3.8) is 0 Å². The summed E-state index contributed by atoms with van der Waals surface area (Å²) in [5, 5.41) is 3.02. The molecule has 2 aromatic rings. The van der Waals surface area contributed by atoms with E-state index in [4.69, 9.17) is 9.47 Å². The molecule has 1 heterocycles. The first-order chi connectivity index (χ1) is 13.4. The second-order valence-corrected chi connectivity index (χ2v) is 7.08. The van der Waals surface area contributed by atoms with Crippen molar-refractivity contribution in [2.45, 2.75) is 26.3 Å². The first-order valence-corrected chi connectivity index (χ1v) is 9.32. The van der Waals surface area contributed by atoms with Crippen molar-refractivity contribution in [3.05, 3.63) is 53.6 Å². The van der Waals surface area contributed by atoms with Crippen LogP contribution in [0.3, 0.4) is 0 Å². The predicted octanol–water partition coefficient (Wildman–Crippen LogP) is 3.24. The average Bonchev–Trinajstić information content (AvgIpc) is 3.09. The number of nitrogens with one attached hydrogen (secondary N) is 1. The Balaban J connectivity index is 1.69. The molecule has 2 atom stereocenters. The molecule has 28 heavy (non-hydrogen) atoms.